The molecule has 1 rings (SSSR count). The lowest BCUT2D eigenvalue weighted by Gasteiger charge is -2.39. The second kappa shape index (κ2) is 20.3. The van der Waals surface area contributed by atoms with Crippen LogP contribution in [-0.4, -0.2) is 89.6 Å². The lowest BCUT2D eigenvalue weighted by molar-refractivity contribution is -0.305. The van der Waals surface area contributed by atoms with Gasteiger partial charge >= 0.3 is 5.97 Å². The first kappa shape index (κ1) is 32.2. The summed E-state index contributed by atoms with van der Waals surface area (Å²) in [5.41, 5.74) is 0. The minimum absolute atomic E-state index is 0.113. The van der Waals surface area contributed by atoms with Gasteiger partial charge in [-0.1, -0.05) is 78.1 Å². The van der Waals surface area contributed by atoms with Crippen LogP contribution in [0.1, 0.15) is 97.3 Å². The Balaban J connectivity index is 2.35. The van der Waals surface area contributed by atoms with Gasteiger partial charge in [-0.25, -0.2) is 0 Å². The predicted molar refractivity (Wildman–Crippen MR) is 132 cm³/mol. The molecular formula is C26H50O9. The van der Waals surface area contributed by atoms with E-state index in [1.54, 1.807) is 0 Å². The molecule has 1 aliphatic rings. The summed E-state index contributed by atoms with van der Waals surface area (Å²) in [7, 11) is 0. The number of carbonyl (C=O) groups excluding carboxylic acids is 1. The zero-order chi connectivity index (χ0) is 25.9. The molecule has 1 aliphatic heterocycles. The van der Waals surface area contributed by atoms with Gasteiger partial charge in [0.1, 0.15) is 30.5 Å². The number of unbranched alkanes of at least 4 members (excludes halogenated alkanes) is 10. The monoisotopic (exact) mass is 506 g/mol. The van der Waals surface area contributed by atoms with E-state index >= 15 is 0 Å². The van der Waals surface area contributed by atoms with Crippen LogP contribution in [-0.2, 0) is 23.7 Å². The fraction of sp³-hybridized carbons (Fsp3) is 0.962. The van der Waals surface area contributed by atoms with Crippen LogP contribution in [0.15, 0.2) is 0 Å². The Bertz CT molecular complexity index is 517. The fourth-order valence-electron chi connectivity index (χ4n) is 4.00. The molecule has 6 atom stereocenters. The van der Waals surface area contributed by atoms with Gasteiger partial charge in [-0.2, -0.15) is 0 Å². The zero-order valence-electron chi connectivity index (χ0n) is 21.8. The van der Waals surface area contributed by atoms with Gasteiger partial charge in [-0.05, 0) is 12.8 Å². The first-order chi connectivity index (χ1) is 16.9. The van der Waals surface area contributed by atoms with Gasteiger partial charge in [0.2, 0.25) is 0 Å². The molecule has 0 saturated carbocycles. The Morgan fingerprint density at radius 1 is 0.800 bits per heavy atom. The Morgan fingerprint density at radius 2 is 1.40 bits per heavy atom. The number of aliphatic hydroxyl groups is 4. The van der Waals surface area contributed by atoms with Crippen molar-refractivity contribution in [2.24, 2.45) is 0 Å². The largest absolute Gasteiger partial charge is 0.457 e. The Morgan fingerprint density at radius 3 is 2.00 bits per heavy atom. The third-order valence-electron chi connectivity index (χ3n) is 6.27. The van der Waals surface area contributed by atoms with Crippen molar-refractivity contribution in [2.75, 3.05) is 26.4 Å². The molecule has 0 aromatic heterocycles. The molecule has 1 saturated heterocycles. The number of ether oxygens (including phenoxy) is 4. The first-order valence-electron chi connectivity index (χ1n) is 13.6. The average Bonchev–Trinajstić information content (AvgIpc) is 2.86. The highest BCUT2D eigenvalue weighted by molar-refractivity contribution is 5.69. The van der Waals surface area contributed by atoms with Crippen LogP contribution >= 0.6 is 0 Å². The summed E-state index contributed by atoms with van der Waals surface area (Å²) < 4.78 is 22.1. The van der Waals surface area contributed by atoms with E-state index in [9.17, 15) is 25.2 Å². The summed E-state index contributed by atoms with van der Waals surface area (Å²) in [6.07, 6.45) is 6.72. The van der Waals surface area contributed by atoms with Crippen LogP contribution in [0.25, 0.3) is 0 Å². The maximum Gasteiger partial charge on any atom is 0.306 e. The van der Waals surface area contributed by atoms with Gasteiger partial charge in [0.05, 0.1) is 19.8 Å². The quantitative estimate of drug-likeness (QED) is 0.137. The SMILES string of the molecule is CCCCCCCCCCCCOCC(COC1OC(CO)C(O)C(O)C1O)OC(=O)CCCC. The normalized spacial score (nSPS) is 25.5. The lowest BCUT2D eigenvalue weighted by Crippen LogP contribution is -2.59. The zero-order valence-corrected chi connectivity index (χ0v) is 21.8. The fourth-order valence-corrected chi connectivity index (χ4v) is 4.00. The van der Waals surface area contributed by atoms with E-state index in [4.69, 9.17) is 18.9 Å². The van der Waals surface area contributed by atoms with Crippen molar-refractivity contribution in [2.45, 2.75) is 134 Å². The molecule has 6 unspecified atom stereocenters. The molecule has 0 amide bonds. The highest BCUT2D eigenvalue weighted by Gasteiger charge is 2.44. The van der Waals surface area contributed by atoms with E-state index in [0.29, 0.717) is 13.0 Å². The third kappa shape index (κ3) is 13.9. The summed E-state index contributed by atoms with van der Waals surface area (Å²) in [5, 5.41) is 39.3. The molecule has 9 nitrogen and oxygen atoms in total. The Labute approximate surface area is 211 Å². The van der Waals surface area contributed by atoms with Crippen molar-refractivity contribution in [1.82, 2.24) is 0 Å². The third-order valence-corrected chi connectivity index (χ3v) is 6.27. The van der Waals surface area contributed by atoms with E-state index in [1.807, 2.05) is 6.92 Å². The molecule has 0 aliphatic carbocycles. The standard InChI is InChI=1S/C26H50O9/c1-3-5-7-8-9-10-11-12-13-14-16-32-18-20(34-22(28)15-6-4-2)19-33-26-25(31)24(30)23(29)21(17-27)35-26/h20-21,23-27,29-31H,3-19H2,1-2H3. The lowest BCUT2D eigenvalue weighted by atomic mass is 9.99. The van der Waals surface area contributed by atoms with Crippen LogP contribution in [0.4, 0.5) is 0 Å². The second-order valence-electron chi connectivity index (χ2n) is 9.50. The molecule has 4 N–H and O–H groups in total. The van der Waals surface area contributed by atoms with Crippen molar-refractivity contribution in [3.63, 3.8) is 0 Å². The molecule has 0 spiro atoms. The van der Waals surface area contributed by atoms with Gasteiger partial charge in [0, 0.05) is 13.0 Å². The minimum atomic E-state index is -1.52. The van der Waals surface area contributed by atoms with E-state index in [2.05, 4.69) is 6.92 Å². The van der Waals surface area contributed by atoms with Crippen LogP contribution in [0.5, 0.6) is 0 Å². The summed E-state index contributed by atoms with van der Waals surface area (Å²) >= 11 is 0. The van der Waals surface area contributed by atoms with Gasteiger partial charge in [-0.15, -0.1) is 0 Å². The molecule has 1 fully saturated rings. The Kier molecular flexibility index (Phi) is 18.7. The highest BCUT2D eigenvalue weighted by Crippen LogP contribution is 2.22. The molecule has 1 heterocycles. The van der Waals surface area contributed by atoms with Crippen LogP contribution in [0, 0.1) is 0 Å². The minimum Gasteiger partial charge on any atom is -0.457 e. The molecule has 0 radical (unpaired) electrons. The van der Waals surface area contributed by atoms with Crippen LogP contribution < -0.4 is 0 Å². The van der Waals surface area contributed by atoms with E-state index in [1.165, 1.54) is 51.4 Å². The molecular weight excluding hydrogens is 456 g/mol. The van der Waals surface area contributed by atoms with Gasteiger partial charge in [0.25, 0.3) is 0 Å². The summed E-state index contributed by atoms with van der Waals surface area (Å²) in [6, 6.07) is 0. The molecule has 0 aromatic carbocycles. The first-order valence-corrected chi connectivity index (χ1v) is 13.6. The molecule has 208 valence electrons. The smallest absolute Gasteiger partial charge is 0.306 e. The molecule has 9 heteroatoms. The number of hydrogen-bond acceptors (Lipinski definition) is 9. The van der Waals surface area contributed by atoms with Crippen LogP contribution in [0.2, 0.25) is 0 Å². The number of hydrogen-bond donors (Lipinski definition) is 4. The summed E-state index contributed by atoms with van der Waals surface area (Å²) in [4.78, 5) is 12.1. The van der Waals surface area contributed by atoms with Crippen molar-refractivity contribution in [3.8, 4) is 0 Å². The number of rotatable bonds is 21. The molecule has 0 aromatic rings. The van der Waals surface area contributed by atoms with Gasteiger partial charge in [0.15, 0.2) is 6.29 Å². The number of carbonyl (C=O) groups is 1. The maximum atomic E-state index is 12.1. The molecule has 35 heavy (non-hydrogen) atoms. The topological polar surface area (TPSA) is 135 Å². The van der Waals surface area contributed by atoms with Gasteiger partial charge < -0.3 is 39.4 Å². The molecule has 0 bridgehead atoms. The highest BCUT2D eigenvalue weighted by atomic mass is 16.7. The average molecular weight is 507 g/mol. The summed E-state index contributed by atoms with van der Waals surface area (Å²) in [5.74, 6) is -0.350. The van der Waals surface area contributed by atoms with Crippen LogP contribution in [0.3, 0.4) is 0 Å². The van der Waals surface area contributed by atoms with Crippen molar-refractivity contribution in [3.05, 3.63) is 0 Å². The van der Waals surface area contributed by atoms with Crippen molar-refractivity contribution in [1.29, 1.82) is 0 Å². The maximum absolute atomic E-state index is 12.1. The summed E-state index contributed by atoms with van der Waals surface area (Å²) in [6.45, 7) is 4.27. The van der Waals surface area contributed by atoms with E-state index < -0.39 is 43.4 Å². The van der Waals surface area contributed by atoms with Crippen molar-refractivity contribution < 1.29 is 44.2 Å². The van der Waals surface area contributed by atoms with E-state index in [-0.39, 0.29) is 19.2 Å². The van der Waals surface area contributed by atoms with Gasteiger partial charge in [-0.3, -0.25) is 4.79 Å². The second-order valence-corrected chi connectivity index (χ2v) is 9.50. The van der Waals surface area contributed by atoms with Crippen molar-refractivity contribution >= 4 is 5.97 Å². The Hall–Kier alpha value is -0.810. The number of aliphatic hydroxyl groups excluding tert-OH is 4. The number of esters is 1. The van der Waals surface area contributed by atoms with E-state index in [0.717, 1.165) is 25.7 Å². The predicted octanol–water partition coefficient (Wildman–Crippen LogP) is 2.84.